The van der Waals surface area contributed by atoms with E-state index in [-0.39, 0.29) is 0 Å². The van der Waals surface area contributed by atoms with E-state index in [0.717, 1.165) is 36.0 Å². The molecular weight excluding hydrogens is 318 g/mol. The molecule has 0 amide bonds. The number of rotatable bonds is 7. The van der Waals surface area contributed by atoms with Gasteiger partial charge in [-0.1, -0.05) is 49.2 Å². The second kappa shape index (κ2) is 7.82. The Morgan fingerprint density at radius 2 is 1.83 bits per heavy atom. The Morgan fingerprint density at radius 3 is 2.58 bits per heavy atom. The van der Waals surface area contributed by atoms with Crippen LogP contribution in [0.25, 0.3) is 11.0 Å². The van der Waals surface area contributed by atoms with E-state index in [2.05, 4.69) is 53.8 Å². The number of hydrogen-bond donors (Lipinski definition) is 0. The molecule has 3 rings (SSSR count). The molecule has 2 aromatic carbocycles. The van der Waals surface area contributed by atoms with Crippen LogP contribution in [0.15, 0.2) is 48.5 Å². The van der Waals surface area contributed by atoms with Crippen molar-refractivity contribution in [2.24, 2.45) is 0 Å². The summed E-state index contributed by atoms with van der Waals surface area (Å²) in [6.45, 7) is 5.00. The molecule has 0 bridgehead atoms. The fourth-order valence-corrected chi connectivity index (χ4v) is 3.07. The molecule has 0 aliphatic rings. The molecule has 4 heteroatoms. The van der Waals surface area contributed by atoms with Gasteiger partial charge in [-0.2, -0.15) is 0 Å². The van der Waals surface area contributed by atoms with E-state index in [1.54, 1.807) is 0 Å². The molecule has 0 saturated heterocycles. The number of unbranched alkanes of at least 4 members (excludes halogenated alkanes) is 1. The van der Waals surface area contributed by atoms with Crippen molar-refractivity contribution in [3.8, 4) is 0 Å². The lowest BCUT2D eigenvalue weighted by molar-refractivity contribution is 0.309. The van der Waals surface area contributed by atoms with E-state index >= 15 is 0 Å². The van der Waals surface area contributed by atoms with Crippen LogP contribution in [0.3, 0.4) is 0 Å². The van der Waals surface area contributed by atoms with Crippen LogP contribution in [0.4, 0.5) is 0 Å². The van der Waals surface area contributed by atoms with Crippen LogP contribution < -0.4 is 0 Å². The maximum atomic E-state index is 6.01. The predicted molar refractivity (Wildman–Crippen MR) is 102 cm³/mol. The Balaban J connectivity index is 1.91. The molecular formula is C20H24ClN3. The topological polar surface area (TPSA) is 21.1 Å². The highest BCUT2D eigenvalue weighted by Crippen LogP contribution is 2.20. The van der Waals surface area contributed by atoms with Gasteiger partial charge in [-0.25, -0.2) is 4.98 Å². The Kier molecular flexibility index (Phi) is 5.54. The third-order valence-electron chi connectivity index (χ3n) is 4.29. The molecule has 0 aliphatic heterocycles. The SMILES string of the molecule is CCCCN(C)Cc1nc2ccccc2n1Cc1ccc(Cl)cc1. The number of halogens is 1. The van der Waals surface area contributed by atoms with Gasteiger partial charge in [0, 0.05) is 11.6 Å². The number of hydrogen-bond acceptors (Lipinski definition) is 2. The number of fused-ring (bicyclic) bond motifs is 1. The van der Waals surface area contributed by atoms with Crippen molar-refractivity contribution in [1.82, 2.24) is 14.5 Å². The minimum absolute atomic E-state index is 0.772. The average Bonchev–Trinajstić information content (AvgIpc) is 2.92. The van der Waals surface area contributed by atoms with Crippen LogP contribution in [0, 0.1) is 0 Å². The monoisotopic (exact) mass is 341 g/mol. The first-order chi connectivity index (χ1) is 11.7. The van der Waals surface area contributed by atoms with Crippen molar-refractivity contribution in [2.75, 3.05) is 13.6 Å². The van der Waals surface area contributed by atoms with Gasteiger partial charge in [-0.15, -0.1) is 0 Å². The predicted octanol–water partition coefficient (Wildman–Crippen LogP) is 4.97. The van der Waals surface area contributed by atoms with Crippen molar-refractivity contribution in [3.05, 3.63) is 64.9 Å². The summed E-state index contributed by atoms with van der Waals surface area (Å²) >= 11 is 6.01. The van der Waals surface area contributed by atoms with Crippen molar-refractivity contribution in [1.29, 1.82) is 0 Å². The van der Waals surface area contributed by atoms with E-state index in [1.165, 1.54) is 23.9 Å². The van der Waals surface area contributed by atoms with Gasteiger partial charge in [0.25, 0.3) is 0 Å². The number of nitrogens with zero attached hydrogens (tertiary/aromatic N) is 3. The van der Waals surface area contributed by atoms with Gasteiger partial charge >= 0.3 is 0 Å². The first-order valence-electron chi connectivity index (χ1n) is 8.54. The van der Waals surface area contributed by atoms with Crippen molar-refractivity contribution in [2.45, 2.75) is 32.9 Å². The molecule has 3 nitrogen and oxygen atoms in total. The second-order valence-electron chi connectivity index (χ2n) is 6.32. The van der Waals surface area contributed by atoms with Crippen LogP contribution in [0.2, 0.25) is 5.02 Å². The first kappa shape index (κ1) is 17.0. The van der Waals surface area contributed by atoms with Crippen molar-refractivity contribution in [3.63, 3.8) is 0 Å². The summed E-state index contributed by atoms with van der Waals surface area (Å²) in [6, 6.07) is 16.4. The molecule has 1 heterocycles. The molecule has 1 aromatic heterocycles. The fraction of sp³-hybridized carbons (Fsp3) is 0.350. The zero-order chi connectivity index (χ0) is 16.9. The zero-order valence-corrected chi connectivity index (χ0v) is 15.1. The molecule has 0 spiro atoms. The summed E-state index contributed by atoms with van der Waals surface area (Å²) in [4.78, 5) is 7.22. The number of para-hydroxylation sites is 2. The molecule has 0 unspecified atom stereocenters. The van der Waals surface area contributed by atoms with Gasteiger partial charge in [0.05, 0.1) is 17.6 Å². The Labute approximate surface area is 148 Å². The molecule has 126 valence electrons. The van der Waals surface area contributed by atoms with E-state index in [4.69, 9.17) is 16.6 Å². The van der Waals surface area contributed by atoms with Crippen LogP contribution in [0.5, 0.6) is 0 Å². The lowest BCUT2D eigenvalue weighted by Crippen LogP contribution is -2.21. The minimum Gasteiger partial charge on any atom is -0.322 e. The molecule has 3 aromatic rings. The third-order valence-corrected chi connectivity index (χ3v) is 4.54. The van der Waals surface area contributed by atoms with Gasteiger partial charge in [-0.3, -0.25) is 4.90 Å². The van der Waals surface area contributed by atoms with Crippen molar-refractivity contribution >= 4 is 22.6 Å². The van der Waals surface area contributed by atoms with Gasteiger partial charge in [0.2, 0.25) is 0 Å². The summed E-state index contributed by atoms with van der Waals surface area (Å²) in [5.74, 6) is 1.12. The smallest absolute Gasteiger partial charge is 0.124 e. The molecule has 0 atom stereocenters. The third kappa shape index (κ3) is 3.97. The van der Waals surface area contributed by atoms with Gasteiger partial charge < -0.3 is 4.57 Å². The summed E-state index contributed by atoms with van der Waals surface area (Å²) in [6.07, 6.45) is 2.43. The highest BCUT2D eigenvalue weighted by Gasteiger charge is 2.12. The molecule has 0 saturated carbocycles. The van der Waals surface area contributed by atoms with Gasteiger partial charge in [-0.05, 0) is 49.8 Å². The summed E-state index contributed by atoms with van der Waals surface area (Å²) in [5.41, 5.74) is 3.48. The lowest BCUT2D eigenvalue weighted by Gasteiger charge is -2.17. The standard InChI is InChI=1S/C20H24ClN3/c1-3-4-13-23(2)15-20-22-18-7-5-6-8-19(18)24(20)14-16-9-11-17(21)12-10-16/h5-12H,3-4,13-15H2,1-2H3. The first-order valence-corrected chi connectivity index (χ1v) is 8.92. The Hall–Kier alpha value is -1.84. The van der Waals surface area contributed by atoms with Crippen LogP contribution >= 0.6 is 11.6 Å². The van der Waals surface area contributed by atoms with Crippen LogP contribution in [-0.2, 0) is 13.1 Å². The molecule has 0 radical (unpaired) electrons. The number of benzene rings is 2. The molecule has 0 N–H and O–H groups in total. The highest BCUT2D eigenvalue weighted by molar-refractivity contribution is 6.30. The largest absolute Gasteiger partial charge is 0.322 e. The fourth-order valence-electron chi connectivity index (χ4n) is 2.94. The van der Waals surface area contributed by atoms with Crippen LogP contribution in [0.1, 0.15) is 31.2 Å². The quantitative estimate of drug-likeness (QED) is 0.605. The van der Waals surface area contributed by atoms with E-state index in [1.807, 2.05) is 18.2 Å². The molecule has 24 heavy (non-hydrogen) atoms. The van der Waals surface area contributed by atoms with Gasteiger partial charge in [0.15, 0.2) is 0 Å². The number of imidazole rings is 1. The minimum atomic E-state index is 0.772. The average molecular weight is 342 g/mol. The van der Waals surface area contributed by atoms with E-state index in [9.17, 15) is 0 Å². The Bertz CT molecular complexity index is 792. The maximum absolute atomic E-state index is 6.01. The van der Waals surface area contributed by atoms with E-state index in [0.29, 0.717) is 0 Å². The second-order valence-corrected chi connectivity index (χ2v) is 6.76. The normalized spacial score (nSPS) is 11.5. The summed E-state index contributed by atoms with van der Waals surface area (Å²) in [5, 5.41) is 0.772. The maximum Gasteiger partial charge on any atom is 0.124 e. The summed E-state index contributed by atoms with van der Waals surface area (Å²) < 4.78 is 2.32. The lowest BCUT2D eigenvalue weighted by atomic mass is 10.2. The number of aromatic nitrogens is 2. The Morgan fingerprint density at radius 1 is 1.08 bits per heavy atom. The highest BCUT2D eigenvalue weighted by atomic mass is 35.5. The molecule has 0 aliphatic carbocycles. The molecule has 0 fully saturated rings. The zero-order valence-electron chi connectivity index (χ0n) is 14.4. The van der Waals surface area contributed by atoms with Crippen LogP contribution in [-0.4, -0.2) is 28.0 Å². The van der Waals surface area contributed by atoms with Crippen molar-refractivity contribution < 1.29 is 0 Å². The van der Waals surface area contributed by atoms with Gasteiger partial charge in [0.1, 0.15) is 5.82 Å². The van der Waals surface area contributed by atoms with E-state index < -0.39 is 0 Å². The summed E-state index contributed by atoms with van der Waals surface area (Å²) in [7, 11) is 2.17.